The fourth-order valence-corrected chi connectivity index (χ4v) is 1.88. The first-order valence-corrected chi connectivity index (χ1v) is 5.99. The smallest absolute Gasteiger partial charge is 0.339 e. The van der Waals surface area contributed by atoms with Gasteiger partial charge in [-0.15, -0.1) is 0 Å². The number of rotatable bonds is 4. The van der Waals surface area contributed by atoms with Crippen molar-refractivity contribution in [3.63, 3.8) is 0 Å². The van der Waals surface area contributed by atoms with Crippen molar-refractivity contribution in [2.75, 3.05) is 20.3 Å². The van der Waals surface area contributed by atoms with Crippen molar-refractivity contribution in [2.45, 2.75) is 25.4 Å². The van der Waals surface area contributed by atoms with Crippen LogP contribution in [0.4, 0.5) is 0 Å². The van der Waals surface area contributed by atoms with Gasteiger partial charge in [-0.2, -0.15) is 0 Å². The maximum atomic E-state index is 11.2. The molecule has 5 nitrogen and oxygen atoms in total. The lowest BCUT2D eigenvalue weighted by Gasteiger charge is -2.23. The van der Waals surface area contributed by atoms with Crippen molar-refractivity contribution in [2.24, 2.45) is 0 Å². The topological polar surface area (TPSA) is 60.5 Å². The van der Waals surface area contributed by atoms with Gasteiger partial charge in [0.25, 0.3) is 0 Å². The first-order chi connectivity index (χ1) is 8.63. The van der Waals surface area contributed by atoms with E-state index in [1.807, 2.05) is 6.07 Å². The van der Waals surface area contributed by atoms with Crippen molar-refractivity contribution in [1.29, 1.82) is 0 Å². The number of nitrogens with one attached hydrogen (secondary N) is 1. The Hall–Kier alpha value is -1.46. The lowest BCUT2D eigenvalue weighted by atomic mass is 10.0. The van der Waals surface area contributed by atoms with Gasteiger partial charge >= 0.3 is 5.97 Å². The zero-order chi connectivity index (χ0) is 13.0. The molecule has 98 valence electrons. The van der Waals surface area contributed by atoms with E-state index in [2.05, 4.69) is 22.0 Å². The number of pyridine rings is 1. The fourth-order valence-electron chi connectivity index (χ4n) is 1.88. The lowest BCUT2D eigenvalue weighted by molar-refractivity contribution is 0.0600. The molecule has 5 heteroatoms. The largest absolute Gasteiger partial charge is 0.465 e. The molecule has 1 aromatic rings. The number of aromatic nitrogens is 1. The molecule has 1 aromatic heterocycles. The average Bonchev–Trinajstić information content (AvgIpc) is 2.83. The quantitative estimate of drug-likeness (QED) is 0.812. The summed E-state index contributed by atoms with van der Waals surface area (Å²) in [5, 5.41) is 3.43. The molecular weight excluding hydrogens is 232 g/mol. The zero-order valence-corrected chi connectivity index (χ0v) is 10.7. The predicted molar refractivity (Wildman–Crippen MR) is 66.3 cm³/mol. The number of methoxy groups -OCH3 is 1. The van der Waals surface area contributed by atoms with E-state index in [0.29, 0.717) is 12.1 Å². The molecule has 0 amide bonds. The molecular formula is C13H18N2O3. The highest BCUT2D eigenvalue weighted by Crippen LogP contribution is 2.17. The number of esters is 1. The molecule has 1 aliphatic heterocycles. The van der Waals surface area contributed by atoms with Crippen LogP contribution in [0.2, 0.25) is 0 Å². The predicted octanol–water partition coefficient (Wildman–Crippen LogP) is 1.14. The van der Waals surface area contributed by atoms with Gasteiger partial charge in [0.2, 0.25) is 0 Å². The minimum atomic E-state index is -0.363. The Balaban J connectivity index is 1.92. The summed E-state index contributed by atoms with van der Waals surface area (Å²) >= 11 is 0. The van der Waals surface area contributed by atoms with Gasteiger partial charge in [0.05, 0.1) is 25.0 Å². The highest BCUT2D eigenvalue weighted by Gasteiger charge is 2.28. The normalized spacial score (nSPS) is 23.0. The van der Waals surface area contributed by atoms with E-state index >= 15 is 0 Å². The van der Waals surface area contributed by atoms with Crippen LogP contribution in [0.1, 0.15) is 29.4 Å². The summed E-state index contributed by atoms with van der Waals surface area (Å²) in [6, 6.07) is 3.56. The summed E-state index contributed by atoms with van der Waals surface area (Å²) in [5.41, 5.74) is 1.40. The Morgan fingerprint density at radius 3 is 3.00 bits per heavy atom. The molecule has 1 atom stereocenters. The highest BCUT2D eigenvalue weighted by molar-refractivity contribution is 5.88. The monoisotopic (exact) mass is 250 g/mol. The van der Waals surface area contributed by atoms with E-state index in [-0.39, 0.29) is 11.5 Å². The minimum absolute atomic E-state index is 0.0305. The summed E-state index contributed by atoms with van der Waals surface area (Å²) < 4.78 is 9.99. The average molecular weight is 250 g/mol. The summed E-state index contributed by atoms with van der Waals surface area (Å²) in [6.45, 7) is 4.34. The number of carbonyl (C=O) groups excluding carboxylic acids is 1. The van der Waals surface area contributed by atoms with Crippen molar-refractivity contribution in [1.82, 2.24) is 10.3 Å². The Morgan fingerprint density at radius 2 is 2.44 bits per heavy atom. The standard InChI is InChI=1S/C13H18N2O3/c1-13(5-6-18-9-13)15-8-11-4-3-10(7-14-11)12(16)17-2/h3-4,7,15H,5-6,8-9H2,1-2H3. The molecule has 1 unspecified atom stereocenters. The summed E-state index contributed by atoms with van der Waals surface area (Å²) in [7, 11) is 1.36. The molecule has 1 N–H and O–H groups in total. The Morgan fingerprint density at radius 1 is 1.61 bits per heavy atom. The van der Waals surface area contributed by atoms with Gasteiger partial charge in [-0.3, -0.25) is 4.98 Å². The Kier molecular flexibility index (Phi) is 3.93. The van der Waals surface area contributed by atoms with E-state index in [0.717, 1.165) is 25.3 Å². The minimum Gasteiger partial charge on any atom is -0.465 e. The summed E-state index contributed by atoms with van der Waals surface area (Å²) in [6.07, 6.45) is 2.55. The molecule has 1 aliphatic rings. The zero-order valence-electron chi connectivity index (χ0n) is 10.7. The van der Waals surface area contributed by atoms with Crippen molar-refractivity contribution in [3.05, 3.63) is 29.6 Å². The second kappa shape index (κ2) is 5.46. The summed E-state index contributed by atoms with van der Waals surface area (Å²) in [5.74, 6) is -0.363. The summed E-state index contributed by atoms with van der Waals surface area (Å²) in [4.78, 5) is 15.5. The fraction of sp³-hybridized carbons (Fsp3) is 0.538. The van der Waals surface area contributed by atoms with E-state index in [1.165, 1.54) is 13.3 Å². The molecule has 0 radical (unpaired) electrons. The second-order valence-corrected chi connectivity index (χ2v) is 4.75. The van der Waals surface area contributed by atoms with E-state index in [9.17, 15) is 4.79 Å². The van der Waals surface area contributed by atoms with E-state index < -0.39 is 0 Å². The van der Waals surface area contributed by atoms with Crippen LogP contribution in [0.3, 0.4) is 0 Å². The number of ether oxygens (including phenoxy) is 2. The van der Waals surface area contributed by atoms with Gasteiger partial charge in [-0.25, -0.2) is 4.79 Å². The van der Waals surface area contributed by atoms with Crippen LogP contribution in [-0.2, 0) is 16.0 Å². The molecule has 2 heterocycles. The van der Waals surface area contributed by atoms with E-state index in [4.69, 9.17) is 4.74 Å². The van der Waals surface area contributed by atoms with Crippen LogP contribution in [0.15, 0.2) is 18.3 Å². The molecule has 1 saturated heterocycles. The first-order valence-electron chi connectivity index (χ1n) is 5.99. The van der Waals surface area contributed by atoms with Gasteiger partial charge in [-0.05, 0) is 25.5 Å². The first kappa shape index (κ1) is 13.0. The number of nitrogens with zero attached hydrogens (tertiary/aromatic N) is 1. The van der Waals surface area contributed by atoms with Gasteiger partial charge in [0.1, 0.15) is 0 Å². The van der Waals surface area contributed by atoms with Gasteiger partial charge < -0.3 is 14.8 Å². The van der Waals surface area contributed by atoms with Crippen molar-refractivity contribution in [3.8, 4) is 0 Å². The van der Waals surface area contributed by atoms with Gasteiger partial charge in [-0.1, -0.05) is 0 Å². The number of hydrogen-bond donors (Lipinski definition) is 1. The molecule has 0 bridgehead atoms. The molecule has 0 spiro atoms. The molecule has 2 rings (SSSR count). The maximum Gasteiger partial charge on any atom is 0.339 e. The highest BCUT2D eigenvalue weighted by atomic mass is 16.5. The van der Waals surface area contributed by atoms with E-state index in [1.54, 1.807) is 6.07 Å². The van der Waals surface area contributed by atoms with Crippen LogP contribution < -0.4 is 5.32 Å². The van der Waals surface area contributed by atoms with Gasteiger partial charge in [0.15, 0.2) is 0 Å². The Labute approximate surface area is 107 Å². The molecule has 0 saturated carbocycles. The Bertz CT molecular complexity index is 411. The lowest BCUT2D eigenvalue weighted by Crippen LogP contribution is -2.42. The molecule has 0 aromatic carbocycles. The van der Waals surface area contributed by atoms with Crippen molar-refractivity contribution >= 4 is 5.97 Å². The second-order valence-electron chi connectivity index (χ2n) is 4.75. The van der Waals surface area contributed by atoms with Crippen molar-refractivity contribution < 1.29 is 14.3 Å². The van der Waals surface area contributed by atoms with Crippen LogP contribution in [0.5, 0.6) is 0 Å². The number of hydrogen-bond acceptors (Lipinski definition) is 5. The van der Waals surface area contributed by atoms with Crippen LogP contribution in [0, 0.1) is 0 Å². The van der Waals surface area contributed by atoms with Crippen LogP contribution in [0.25, 0.3) is 0 Å². The third kappa shape index (κ3) is 3.05. The van der Waals surface area contributed by atoms with Crippen LogP contribution in [-0.4, -0.2) is 36.8 Å². The SMILES string of the molecule is COC(=O)c1ccc(CNC2(C)CCOC2)nc1. The molecule has 1 fully saturated rings. The molecule has 18 heavy (non-hydrogen) atoms. The third-order valence-electron chi connectivity index (χ3n) is 3.16. The van der Waals surface area contributed by atoms with Crippen LogP contribution >= 0.6 is 0 Å². The maximum absolute atomic E-state index is 11.2. The molecule has 0 aliphatic carbocycles. The third-order valence-corrected chi connectivity index (χ3v) is 3.16. The number of carbonyl (C=O) groups is 1. The van der Waals surface area contributed by atoms with Gasteiger partial charge in [0, 0.05) is 24.9 Å².